The van der Waals surface area contributed by atoms with Gasteiger partial charge in [-0.05, 0) is 0 Å². The van der Waals surface area contributed by atoms with Crippen LogP contribution in [-0.2, 0) is 9.47 Å². The van der Waals surface area contributed by atoms with E-state index in [9.17, 15) is 0 Å². The Morgan fingerprint density at radius 3 is 1.69 bits per heavy atom. The van der Waals surface area contributed by atoms with Crippen molar-refractivity contribution in [2.45, 2.75) is 8.24 Å². The monoisotopic (exact) mass is 282 g/mol. The molecule has 64 valence electrons. The maximum atomic E-state index is 5.45. The molecule has 2 rings (SSSR count). The second-order valence-electron chi connectivity index (χ2n) is 2.71. The van der Waals surface area contributed by atoms with Gasteiger partial charge in [-0.3, -0.25) is 0 Å². The molecule has 0 aromatic rings. The van der Waals surface area contributed by atoms with E-state index in [1.54, 1.807) is 12.5 Å². The number of ether oxygens (including phenoxy) is 2. The second kappa shape index (κ2) is 4.55. The third kappa shape index (κ3) is 2.65. The molecule has 2 nitrogen and oxygen atoms in total. The summed E-state index contributed by atoms with van der Waals surface area (Å²) in [6, 6.07) is 0. The van der Waals surface area contributed by atoms with Crippen LogP contribution in [0.15, 0.2) is 49.0 Å². The van der Waals surface area contributed by atoms with E-state index >= 15 is 0 Å². The third-order valence-corrected chi connectivity index (χ3v) is 5.48. The first kappa shape index (κ1) is 8.94. The fourth-order valence-electron chi connectivity index (χ4n) is 1.12. The van der Waals surface area contributed by atoms with E-state index in [0.29, 0.717) is 8.24 Å². The fourth-order valence-corrected chi connectivity index (χ4v) is 4.21. The van der Waals surface area contributed by atoms with Gasteiger partial charge in [-0.25, -0.2) is 0 Å². The summed E-state index contributed by atoms with van der Waals surface area (Å²) < 4.78 is 11.5. The Bertz CT molecular complexity index is 251. The van der Waals surface area contributed by atoms with Crippen LogP contribution in [0, 0.1) is 0 Å². The van der Waals surface area contributed by atoms with Crippen LogP contribution in [0.5, 0.6) is 0 Å². The van der Waals surface area contributed by atoms with Crippen LogP contribution < -0.4 is 0 Å². The Balaban J connectivity index is 1.84. The summed E-state index contributed by atoms with van der Waals surface area (Å²) in [6.07, 6.45) is 15.6. The first-order chi connectivity index (χ1) is 6.45. The van der Waals surface area contributed by atoms with Crippen molar-refractivity contribution in [3.05, 3.63) is 49.0 Å². The Morgan fingerprint density at radius 1 is 0.769 bits per heavy atom. The van der Waals surface area contributed by atoms with Gasteiger partial charge in [-0.15, -0.1) is 0 Å². The number of rotatable bonds is 2. The zero-order valence-corrected chi connectivity index (χ0v) is 9.94. The molecule has 2 atom stereocenters. The molecule has 0 radical (unpaired) electrons. The van der Waals surface area contributed by atoms with Gasteiger partial charge < -0.3 is 0 Å². The van der Waals surface area contributed by atoms with Gasteiger partial charge in [0.1, 0.15) is 0 Å². The van der Waals surface area contributed by atoms with Gasteiger partial charge in [0.15, 0.2) is 0 Å². The Hall–Kier alpha value is -0.641. The average molecular weight is 281 g/mol. The van der Waals surface area contributed by atoms with Crippen molar-refractivity contribution in [1.29, 1.82) is 0 Å². The van der Waals surface area contributed by atoms with E-state index in [1.807, 2.05) is 24.3 Å². The molecule has 2 unspecified atom stereocenters. The average Bonchev–Trinajstić information content (AvgIpc) is 2.21. The topological polar surface area (TPSA) is 18.5 Å². The summed E-state index contributed by atoms with van der Waals surface area (Å²) in [6.45, 7) is 0. The zero-order chi connectivity index (χ0) is 8.93. The van der Waals surface area contributed by atoms with E-state index < -0.39 is 21.1 Å². The van der Waals surface area contributed by atoms with Gasteiger partial charge in [-0.1, -0.05) is 0 Å². The summed E-state index contributed by atoms with van der Waals surface area (Å²) in [7, 11) is 0. The van der Waals surface area contributed by atoms with Crippen molar-refractivity contribution in [3.8, 4) is 0 Å². The van der Waals surface area contributed by atoms with Crippen molar-refractivity contribution < 1.29 is 9.47 Å². The van der Waals surface area contributed by atoms with Gasteiger partial charge >= 0.3 is 87.8 Å². The Kier molecular flexibility index (Phi) is 3.13. The van der Waals surface area contributed by atoms with Crippen LogP contribution in [-0.4, -0.2) is 29.4 Å². The van der Waals surface area contributed by atoms with Gasteiger partial charge in [0.25, 0.3) is 0 Å². The fraction of sp³-hybridized carbons (Fsp3) is 0.200. The van der Waals surface area contributed by atoms with E-state index in [-0.39, 0.29) is 0 Å². The van der Waals surface area contributed by atoms with Crippen molar-refractivity contribution in [1.82, 2.24) is 0 Å². The van der Waals surface area contributed by atoms with Crippen molar-refractivity contribution in [2.75, 3.05) is 0 Å². The Morgan fingerprint density at radius 2 is 1.31 bits per heavy atom. The van der Waals surface area contributed by atoms with Crippen molar-refractivity contribution in [3.63, 3.8) is 0 Å². The van der Waals surface area contributed by atoms with E-state index in [2.05, 4.69) is 12.2 Å². The summed E-state index contributed by atoms with van der Waals surface area (Å²) in [5.74, 6) is 0. The van der Waals surface area contributed by atoms with E-state index in [4.69, 9.17) is 9.47 Å². The summed E-state index contributed by atoms with van der Waals surface area (Å²) in [5.41, 5.74) is 0. The van der Waals surface area contributed by atoms with Gasteiger partial charge in [0, 0.05) is 0 Å². The van der Waals surface area contributed by atoms with Crippen molar-refractivity contribution >= 4 is 21.1 Å². The van der Waals surface area contributed by atoms with E-state index in [0.717, 1.165) is 0 Å². The molecule has 0 saturated heterocycles. The zero-order valence-electron chi connectivity index (χ0n) is 7.09. The van der Waals surface area contributed by atoms with Crippen LogP contribution in [0.1, 0.15) is 0 Å². The molecule has 0 N–H and O–H groups in total. The molecule has 2 aliphatic rings. The van der Waals surface area contributed by atoms with Crippen LogP contribution in [0.2, 0.25) is 0 Å². The summed E-state index contributed by atoms with van der Waals surface area (Å²) in [4.78, 5) is 0. The third-order valence-electron chi connectivity index (χ3n) is 1.73. The predicted molar refractivity (Wildman–Crippen MR) is 52.1 cm³/mol. The minimum absolute atomic E-state index is 0.315. The summed E-state index contributed by atoms with van der Waals surface area (Å²) >= 11 is -0.684. The van der Waals surface area contributed by atoms with Gasteiger partial charge in [0.2, 0.25) is 0 Å². The molecule has 0 aliphatic carbocycles. The molecule has 2 heterocycles. The molecule has 0 saturated carbocycles. The van der Waals surface area contributed by atoms with Crippen LogP contribution in [0.3, 0.4) is 0 Å². The number of hydrogen-bond donors (Lipinski definition) is 0. The van der Waals surface area contributed by atoms with E-state index in [1.165, 1.54) is 0 Å². The molecule has 0 bridgehead atoms. The molecule has 0 aromatic carbocycles. The standard InChI is InChI=1S/2C5H5O.Sn/c2*1-2-4-6-5-3-1;/h2*1-5H;/q;;+2. The van der Waals surface area contributed by atoms with Gasteiger partial charge in [-0.2, -0.15) is 0 Å². The molecule has 0 spiro atoms. The molecule has 13 heavy (non-hydrogen) atoms. The first-order valence-corrected chi connectivity index (χ1v) is 7.48. The maximum absolute atomic E-state index is 5.45. The molecular weight excluding hydrogens is 271 g/mol. The summed E-state index contributed by atoms with van der Waals surface area (Å²) in [5, 5.41) is 0. The SMILES string of the molecule is C1=CO[CH]([Sn+2][CH]2C=CC=CO2)C=C1. The normalized spacial score (nSPS) is 29.2. The quantitative estimate of drug-likeness (QED) is 0.715. The molecular formula is C10H10O2Sn+2. The van der Waals surface area contributed by atoms with Crippen LogP contribution in [0.25, 0.3) is 0 Å². The molecule has 0 amide bonds. The minimum atomic E-state index is -0.684. The number of hydrogen-bond acceptors (Lipinski definition) is 2. The van der Waals surface area contributed by atoms with Gasteiger partial charge in [0.05, 0.1) is 0 Å². The number of allylic oxidation sites excluding steroid dienone is 4. The van der Waals surface area contributed by atoms with Crippen LogP contribution in [0.4, 0.5) is 0 Å². The van der Waals surface area contributed by atoms with Crippen LogP contribution >= 0.6 is 0 Å². The Labute approximate surface area is 87.8 Å². The molecule has 0 fully saturated rings. The first-order valence-electron chi connectivity index (χ1n) is 4.19. The molecule has 2 aliphatic heterocycles. The molecule has 0 aromatic heterocycles. The molecule has 3 heteroatoms. The van der Waals surface area contributed by atoms with Crippen molar-refractivity contribution in [2.24, 2.45) is 0 Å². The second-order valence-corrected chi connectivity index (χ2v) is 6.91. The predicted octanol–water partition coefficient (Wildman–Crippen LogP) is 1.54.